The van der Waals surface area contributed by atoms with E-state index in [2.05, 4.69) is 10.3 Å². The molecule has 1 amide bonds. The van der Waals surface area contributed by atoms with Crippen molar-refractivity contribution in [1.82, 2.24) is 4.98 Å². The Balaban J connectivity index is 0.00000200. The molecule has 0 unspecified atom stereocenters. The number of aromatic nitrogens is 1. The molecule has 0 spiro atoms. The molecular formula is C15H17ClN2O2. The van der Waals surface area contributed by atoms with E-state index in [1.165, 1.54) is 0 Å². The highest BCUT2D eigenvalue weighted by molar-refractivity contribution is 6.04. The van der Waals surface area contributed by atoms with Crippen LogP contribution in [-0.4, -0.2) is 18.0 Å². The fourth-order valence-electron chi connectivity index (χ4n) is 1.84. The summed E-state index contributed by atoms with van der Waals surface area (Å²) in [6, 6.07) is 7.28. The van der Waals surface area contributed by atoms with Gasteiger partial charge in [-0.25, -0.2) is 0 Å². The highest BCUT2D eigenvalue weighted by Crippen LogP contribution is 2.26. The summed E-state index contributed by atoms with van der Waals surface area (Å²) in [6.07, 6.45) is 3.18. The molecule has 4 nitrogen and oxygen atoms in total. The number of halogens is 1. The van der Waals surface area contributed by atoms with Crippen molar-refractivity contribution in [1.29, 1.82) is 0 Å². The second-order valence-corrected chi connectivity index (χ2v) is 4.33. The van der Waals surface area contributed by atoms with Crippen molar-refractivity contribution in [2.75, 3.05) is 12.4 Å². The first kappa shape index (κ1) is 16.0. The third kappa shape index (κ3) is 3.48. The summed E-state index contributed by atoms with van der Waals surface area (Å²) in [6.45, 7) is 3.87. The normalized spacial score (nSPS) is 9.55. The summed E-state index contributed by atoms with van der Waals surface area (Å²) in [5.74, 6) is 0.651. The number of rotatable bonds is 3. The van der Waals surface area contributed by atoms with Crippen LogP contribution in [0.3, 0.4) is 0 Å². The van der Waals surface area contributed by atoms with Crippen LogP contribution in [0.1, 0.15) is 21.5 Å². The maximum Gasteiger partial charge on any atom is 0.257 e. The summed E-state index contributed by atoms with van der Waals surface area (Å²) < 4.78 is 5.25. The summed E-state index contributed by atoms with van der Waals surface area (Å²) in [4.78, 5) is 16.0. The number of anilines is 1. The fourth-order valence-corrected chi connectivity index (χ4v) is 1.84. The molecular weight excluding hydrogens is 276 g/mol. The van der Waals surface area contributed by atoms with E-state index < -0.39 is 0 Å². The third-order valence-electron chi connectivity index (χ3n) is 2.91. The van der Waals surface area contributed by atoms with E-state index in [9.17, 15) is 4.79 Å². The van der Waals surface area contributed by atoms with Crippen LogP contribution in [0.15, 0.2) is 36.7 Å². The zero-order chi connectivity index (χ0) is 13.8. The molecule has 0 aliphatic heterocycles. The molecule has 1 aromatic carbocycles. The van der Waals surface area contributed by atoms with Gasteiger partial charge in [0.25, 0.3) is 5.91 Å². The number of methoxy groups -OCH3 is 1. The average Bonchev–Trinajstić information content (AvgIpc) is 2.43. The monoisotopic (exact) mass is 292 g/mol. The van der Waals surface area contributed by atoms with Crippen molar-refractivity contribution in [3.05, 3.63) is 53.3 Å². The second-order valence-electron chi connectivity index (χ2n) is 4.33. The van der Waals surface area contributed by atoms with Crippen LogP contribution in [0.25, 0.3) is 0 Å². The van der Waals surface area contributed by atoms with E-state index in [-0.39, 0.29) is 18.3 Å². The van der Waals surface area contributed by atoms with Gasteiger partial charge >= 0.3 is 0 Å². The van der Waals surface area contributed by atoms with Gasteiger partial charge in [-0.1, -0.05) is 0 Å². The second kappa shape index (κ2) is 6.91. The zero-order valence-corrected chi connectivity index (χ0v) is 12.5. The lowest BCUT2D eigenvalue weighted by Crippen LogP contribution is -2.13. The van der Waals surface area contributed by atoms with Crippen molar-refractivity contribution in [3.8, 4) is 5.75 Å². The SMILES string of the molecule is COc1cc(C)c(NC(=O)c2cccnc2)cc1C.Cl. The highest BCUT2D eigenvalue weighted by atomic mass is 35.5. The van der Waals surface area contributed by atoms with Crippen molar-refractivity contribution >= 4 is 24.0 Å². The molecule has 5 heteroatoms. The van der Waals surface area contributed by atoms with Crippen LogP contribution in [0.5, 0.6) is 5.75 Å². The Morgan fingerprint density at radius 2 is 2.00 bits per heavy atom. The quantitative estimate of drug-likeness (QED) is 0.943. The first-order valence-electron chi connectivity index (χ1n) is 5.98. The van der Waals surface area contributed by atoms with E-state index in [1.807, 2.05) is 26.0 Å². The van der Waals surface area contributed by atoms with Crippen molar-refractivity contribution in [2.24, 2.45) is 0 Å². The Morgan fingerprint density at radius 1 is 1.25 bits per heavy atom. The van der Waals surface area contributed by atoms with Crippen LogP contribution < -0.4 is 10.1 Å². The van der Waals surface area contributed by atoms with Crippen molar-refractivity contribution in [2.45, 2.75) is 13.8 Å². The number of carbonyl (C=O) groups is 1. The van der Waals surface area contributed by atoms with E-state index in [0.717, 1.165) is 22.6 Å². The van der Waals surface area contributed by atoms with Crippen LogP contribution in [0.2, 0.25) is 0 Å². The minimum Gasteiger partial charge on any atom is -0.496 e. The first-order chi connectivity index (χ1) is 9.11. The zero-order valence-electron chi connectivity index (χ0n) is 11.6. The summed E-state index contributed by atoms with van der Waals surface area (Å²) in [5.41, 5.74) is 3.26. The molecule has 2 rings (SSSR count). The number of ether oxygens (including phenoxy) is 1. The molecule has 0 atom stereocenters. The predicted octanol–water partition coefficient (Wildman–Crippen LogP) is 3.38. The minimum atomic E-state index is -0.166. The lowest BCUT2D eigenvalue weighted by atomic mass is 10.1. The van der Waals surface area contributed by atoms with Gasteiger partial charge in [0.1, 0.15) is 5.75 Å². The van der Waals surface area contributed by atoms with Crippen LogP contribution in [0.4, 0.5) is 5.69 Å². The van der Waals surface area contributed by atoms with Crippen LogP contribution in [0, 0.1) is 13.8 Å². The van der Waals surface area contributed by atoms with Crippen LogP contribution >= 0.6 is 12.4 Å². The van der Waals surface area contributed by atoms with Gasteiger partial charge in [-0.05, 0) is 49.2 Å². The minimum absolute atomic E-state index is 0. The summed E-state index contributed by atoms with van der Waals surface area (Å²) >= 11 is 0. The number of hydrogen-bond acceptors (Lipinski definition) is 3. The van der Waals surface area contributed by atoms with Crippen molar-refractivity contribution in [3.63, 3.8) is 0 Å². The molecule has 106 valence electrons. The summed E-state index contributed by atoms with van der Waals surface area (Å²) in [7, 11) is 1.63. The van der Waals surface area contributed by atoms with Gasteiger partial charge in [-0.2, -0.15) is 0 Å². The number of carbonyl (C=O) groups excluding carboxylic acids is 1. The Morgan fingerprint density at radius 3 is 2.60 bits per heavy atom. The number of hydrogen-bond donors (Lipinski definition) is 1. The van der Waals surface area contributed by atoms with Crippen molar-refractivity contribution < 1.29 is 9.53 Å². The van der Waals surface area contributed by atoms with Gasteiger partial charge in [0.05, 0.1) is 12.7 Å². The molecule has 0 saturated carbocycles. The molecule has 0 bridgehead atoms. The molecule has 0 aliphatic rings. The van der Waals surface area contributed by atoms with Gasteiger partial charge in [-0.15, -0.1) is 12.4 Å². The van der Waals surface area contributed by atoms with E-state index in [4.69, 9.17) is 4.74 Å². The van der Waals surface area contributed by atoms with Gasteiger partial charge in [0, 0.05) is 18.1 Å². The largest absolute Gasteiger partial charge is 0.496 e. The topological polar surface area (TPSA) is 51.2 Å². The number of aryl methyl sites for hydroxylation is 2. The number of nitrogens with one attached hydrogen (secondary N) is 1. The average molecular weight is 293 g/mol. The Hall–Kier alpha value is -2.07. The maximum atomic E-state index is 12.0. The van der Waals surface area contributed by atoms with E-state index in [0.29, 0.717) is 5.56 Å². The van der Waals surface area contributed by atoms with Gasteiger partial charge in [0.15, 0.2) is 0 Å². The van der Waals surface area contributed by atoms with Gasteiger partial charge in [-0.3, -0.25) is 9.78 Å². The molecule has 0 radical (unpaired) electrons. The number of amides is 1. The van der Waals surface area contributed by atoms with Gasteiger partial charge < -0.3 is 10.1 Å². The Kier molecular flexibility index (Phi) is 5.53. The molecule has 20 heavy (non-hydrogen) atoms. The third-order valence-corrected chi connectivity index (χ3v) is 2.91. The smallest absolute Gasteiger partial charge is 0.257 e. The molecule has 1 heterocycles. The molecule has 1 N–H and O–H groups in total. The first-order valence-corrected chi connectivity index (χ1v) is 5.98. The molecule has 0 aliphatic carbocycles. The van der Waals surface area contributed by atoms with E-state index in [1.54, 1.807) is 31.6 Å². The lowest BCUT2D eigenvalue weighted by molar-refractivity contribution is 0.102. The molecule has 0 fully saturated rings. The molecule has 1 aromatic heterocycles. The molecule has 2 aromatic rings. The molecule has 0 saturated heterocycles. The number of nitrogens with zero attached hydrogens (tertiary/aromatic N) is 1. The van der Waals surface area contributed by atoms with Crippen LogP contribution in [-0.2, 0) is 0 Å². The Bertz CT molecular complexity index is 600. The number of benzene rings is 1. The standard InChI is InChI=1S/C15H16N2O2.ClH/c1-10-8-14(19-3)11(2)7-13(10)17-15(18)12-5-4-6-16-9-12;/h4-9H,1-3H3,(H,17,18);1H. The van der Waals surface area contributed by atoms with E-state index >= 15 is 0 Å². The highest BCUT2D eigenvalue weighted by Gasteiger charge is 2.09. The fraction of sp³-hybridized carbons (Fsp3) is 0.200. The Labute approximate surface area is 124 Å². The summed E-state index contributed by atoms with van der Waals surface area (Å²) in [5, 5.41) is 2.88. The maximum absolute atomic E-state index is 12.0. The van der Waals surface area contributed by atoms with Gasteiger partial charge in [0.2, 0.25) is 0 Å². The number of pyridine rings is 1. The predicted molar refractivity (Wildman–Crippen MR) is 81.9 cm³/mol. The lowest BCUT2D eigenvalue weighted by Gasteiger charge is -2.12.